The molecule has 0 spiro atoms. The second-order valence-electron chi connectivity index (χ2n) is 6.18. The largest absolute Gasteiger partial charge is 0.369 e. The van der Waals surface area contributed by atoms with Gasteiger partial charge in [0.05, 0.1) is 6.34 Å². The van der Waals surface area contributed by atoms with E-state index in [-0.39, 0.29) is 0 Å². The van der Waals surface area contributed by atoms with Crippen LogP contribution >= 0.6 is 11.6 Å². The van der Waals surface area contributed by atoms with Gasteiger partial charge in [-0.25, -0.2) is 4.99 Å². The fourth-order valence-electron chi connectivity index (χ4n) is 2.80. The molecule has 1 fully saturated rings. The fourth-order valence-corrected chi connectivity index (χ4v) is 3.03. The molecular weight excluding hydrogens is 322 g/mol. The molecule has 1 aliphatic heterocycles. The second-order valence-corrected chi connectivity index (χ2v) is 6.54. The van der Waals surface area contributed by atoms with Crippen molar-refractivity contribution in [3.8, 4) is 0 Å². The summed E-state index contributed by atoms with van der Waals surface area (Å²) >= 11 is 6.51. The van der Waals surface area contributed by atoms with E-state index in [1.165, 1.54) is 18.4 Å². The van der Waals surface area contributed by atoms with Crippen molar-refractivity contribution in [1.82, 2.24) is 14.9 Å². The molecule has 1 aromatic carbocycles. The Bertz CT molecular complexity index is 709. The van der Waals surface area contributed by atoms with E-state index in [2.05, 4.69) is 32.0 Å². The molecule has 5 nitrogen and oxygen atoms in total. The van der Waals surface area contributed by atoms with Gasteiger partial charge in [0.15, 0.2) is 0 Å². The van der Waals surface area contributed by atoms with Gasteiger partial charge in [-0.05, 0) is 18.4 Å². The van der Waals surface area contributed by atoms with Crippen molar-refractivity contribution in [1.29, 1.82) is 0 Å². The summed E-state index contributed by atoms with van der Waals surface area (Å²) in [4.78, 5) is 17.5. The second kappa shape index (κ2) is 7.62. The van der Waals surface area contributed by atoms with E-state index in [0.717, 1.165) is 30.9 Å². The van der Waals surface area contributed by atoms with Crippen molar-refractivity contribution in [3.63, 3.8) is 0 Å². The molecule has 3 rings (SSSR count). The normalized spacial score (nSPS) is 14.5. The maximum absolute atomic E-state index is 6.51. The predicted molar refractivity (Wildman–Crippen MR) is 99.6 cm³/mol. The highest BCUT2D eigenvalue weighted by Gasteiger charge is 2.21. The zero-order valence-electron chi connectivity index (χ0n) is 14.1. The first-order chi connectivity index (χ1) is 11.6. The Labute approximate surface area is 148 Å². The smallest absolute Gasteiger partial charge is 0.254 e. The topological polar surface area (TPSA) is 44.6 Å². The number of aromatic nitrogens is 2. The molecule has 1 aromatic heterocycles. The fraction of sp³-hybridized carbons (Fsp3) is 0.389. The summed E-state index contributed by atoms with van der Waals surface area (Å²) in [5.41, 5.74) is 2.18. The van der Waals surface area contributed by atoms with E-state index in [0.29, 0.717) is 11.1 Å². The SMILES string of the molecule is CN(C)/C=N\c1nc(Cl)c(Cc2ccccc2)c(N2CCCC2)n1. The minimum Gasteiger partial charge on any atom is -0.369 e. The van der Waals surface area contributed by atoms with Crippen molar-refractivity contribution in [2.24, 2.45) is 4.99 Å². The third-order valence-electron chi connectivity index (χ3n) is 3.96. The first-order valence-electron chi connectivity index (χ1n) is 8.19. The van der Waals surface area contributed by atoms with Gasteiger partial charge in [-0.2, -0.15) is 9.97 Å². The lowest BCUT2D eigenvalue weighted by atomic mass is 10.1. The van der Waals surface area contributed by atoms with Crippen LogP contribution in [0.5, 0.6) is 0 Å². The lowest BCUT2D eigenvalue weighted by molar-refractivity contribution is 0.642. The van der Waals surface area contributed by atoms with E-state index >= 15 is 0 Å². The lowest BCUT2D eigenvalue weighted by Crippen LogP contribution is -2.21. The average molecular weight is 344 g/mol. The molecule has 0 N–H and O–H groups in total. The third kappa shape index (κ3) is 4.03. The molecule has 0 amide bonds. The maximum atomic E-state index is 6.51. The van der Waals surface area contributed by atoms with Crippen LogP contribution < -0.4 is 4.90 Å². The Morgan fingerprint density at radius 2 is 1.88 bits per heavy atom. The molecule has 6 heteroatoms. The molecular formula is C18H22ClN5. The molecule has 0 saturated carbocycles. The molecule has 24 heavy (non-hydrogen) atoms. The number of anilines is 1. The van der Waals surface area contributed by atoms with Crippen LogP contribution in [-0.2, 0) is 6.42 Å². The Hall–Kier alpha value is -2.14. The van der Waals surface area contributed by atoms with E-state index in [1.807, 2.05) is 37.2 Å². The Morgan fingerprint density at radius 1 is 1.17 bits per heavy atom. The highest BCUT2D eigenvalue weighted by Crippen LogP contribution is 2.31. The summed E-state index contributed by atoms with van der Waals surface area (Å²) in [6, 6.07) is 10.3. The number of hydrogen-bond acceptors (Lipinski definition) is 4. The molecule has 2 aromatic rings. The predicted octanol–water partition coefficient (Wildman–Crippen LogP) is 3.54. The number of halogens is 1. The zero-order valence-corrected chi connectivity index (χ0v) is 14.9. The molecule has 2 heterocycles. The van der Waals surface area contributed by atoms with Crippen molar-refractivity contribution >= 4 is 29.7 Å². The van der Waals surface area contributed by atoms with Gasteiger partial charge in [0.1, 0.15) is 11.0 Å². The minimum absolute atomic E-state index is 0.410. The third-order valence-corrected chi connectivity index (χ3v) is 4.27. The van der Waals surface area contributed by atoms with Gasteiger partial charge >= 0.3 is 0 Å². The molecule has 0 atom stereocenters. The number of hydrogen-bond donors (Lipinski definition) is 0. The Balaban J connectivity index is 1.99. The van der Waals surface area contributed by atoms with Gasteiger partial charge in [-0.15, -0.1) is 0 Å². The van der Waals surface area contributed by atoms with Gasteiger partial charge < -0.3 is 9.80 Å². The van der Waals surface area contributed by atoms with Crippen molar-refractivity contribution in [2.75, 3.05) is 32.1 Å². The monoisotopic (exact) mass is 343 g/mol. The van der Waals surface area contributed by atoms with Gasteiger partial charge in [-0.1, -0.05) is 41.9 Å². The van der Waals surface area contributed by atoms with Crippen LogP contribution in [0.15, 0.2) is 35.3 Å². The summed E-state index contributed by atoms with van der Waals surface area (Å²) in [5, 5.41) is 0.488. The van der Waals surface area contributed by atoms with Gasteiger partial charge in [0.2, 0.25) is 0 Å². The Kier molecular flexibility index (Phi) is 5.30. The number of aliphatic imine (C=N–C) groups is 1. The molecule has 0 bridgehead atoms. The molecule has 0 unspecified atom stereocenters. The van der Waals surface area contributed by atoms with Crippen molar-refractivity contribution < 1.29 is 0 Å². The quantitative estimate of drug-likeness (QED) is 0.473. The van der Waals surface area contributed by atoms with E-state index < -0.39 is 0 Å². The standard InChI is InChI=1S/C18H22ClN5/c1-23(2)13-20-18-21-16(19)15(12-14-8-4-3-5-9-14)17(22-18)24-10-6-7-11-24/h3-5,8-9,13H,6-7,10-12H2,1-2H3/b20-13-. The lowest BCUT2D eigenvalue weighted by Gasteiger charge is -2.21. The highest BCUT2D eigenvalue weighted by atomic mass is 35.5. The molecule has 126 valence electrons. The first-order valence-corrected chi connectivity index (χ1v) is 8.57. The van der Waals surface area contributed by atoms with E-state index in [9.17, 15) is 0 Å². The van der Waals surface area contributed by atoms with Gasteiger partial charge in [0, 0.05) is 39.2 Å². The van der Waals surface area contributed by atoms with Gasteiger partial charge in [-0.3, -0.25) is 0 Å². The van der Waals surface area contributed by atoms with Crippen molar-refractivity contribution in [2.45, 2.75) is 19.3 Å². The van der Waals surface area contributed by atoms with Gasteiger partial charge in [0.25, 0.3) is 5.95 Å². The number of nitrogens with zero attached hydrogens (tertiary/aromatic N) is 5. The van der Waals surface area contributed by atoms with Crippen LogP contribution in [0.1, 0.15) is 24.0 Å². The summed E-state index contributed by atoms with van der Waals surface area (Å²) in [6.45, 7) is 2.01. The van der Waals surface area contributed by atoms with Crippen LogP contribution in [0.25, 0.3) is 0 Å². The molecule has 0 radical (unpaired) electrons. The summed E-state index contributed by atoms with van der Waals surface area (Å²) in [6.07, 6.45) is 4.78. The number of rotatable bonds is 5. The Morgan fingerprint density at radius 3 is 2.54 bits per heavy atom. The van der Waals surface area contributed by atoms with Crippen LogP contribution in [0, 0.1) is 0 Å². The van der Waals surface area contributed by atoms with E-state index in [1.54, 1.807) is 6.34 Å². The summed E-state index contributed by atoms with van der Waals surface area (Å²) in [5.74, 6) is 1.33. The van der Waals surface area contributed by atoms with Crippen LogP contribution in [0.2, 0.25) is 5.15 Å². The van der Waals surface area contributed by atoms with E-state index in [4.69, 9.17) is 11.6 Å². The molecule has 1 saturated heterocycles. The molecule has 1 aliphatic rings. The number of benzene rings is 1. The van der Waals surface area contributed by atoms with Crippen molar-refractivity contribution in [3.05, 3.63) is 46.6 Å². The van der Waals surface area contributed by atoms with Crippen LogP contribution in [0.3, 0.4) is 0 Å². The first kappa shape index (κ1) is 16.7. The minimum atomic E-state index is 0.410. The highest BCUT2D eigenvalue weighted by molar-refractivity contribution is 6.30. The van der Waals surface area contributed by atoms with Crippen LogP contribution in [0.4, 0.5) is 11.8 Å². The molecule has 0 aliphatic carbocycles. The zero-order chi connectivity index (χ0) is 16.9. The average Bonchev–Trinajstić information content (AvgIpc) is 3.10. The maximum Gasteiger partial charge on any atom is 0.254 e. The summed E-state index contributed by atoms with van der Waals surface area (Å²) in [7, 11) is 3.83. The summed E-state index contributed by atoms with van der Waals surface area (Å²) < 4.78 is 0. The van der Waals surface area contributed by atoms with Crippen LogP contribution in [-0.4, -0.2) is 48.4 Å².